The third-order valence-corrected chi connectivity index (χ3v) is 3.72. The van der Waals surface area contributed by atoms with E-state index in [2.05, 4.69) is 16.5 Å². The minimum absolute atomic E-state index is 0.537. The summed E-state index contributed by atoms with van der Waals surface area (Å²) in [6, 6.07) is 7.36. The molecule has 0 unspecified atom stereocenters. The molecule has 2 rings (SSSR count). The molecule has 0 saturated heterocycles. The molecule has 0 radical (unpaired) electrons. The van der Waals surface area contributed by atoms with Crippen LogP contribution in [0.15, 0.2) is 18.2 Å². The van der Waals surface area contributed by atoms with Crippen molar-refractivity contribution in [3.05, 3.63) is 40.2 Å². The smallest absolute Gasteiger partial charge is 0.143 e. The summed E-state index contributed by atoms with van der Waals surface area (Å²) in [5, 5.41) is 17.2. The number of nitrogens with zero attached hydrogens (tertiary/aromatic N) is 3. The average molecular weight is 305 g/mol. The molecule has 0 aliphatic rings. The number of rotatable bonds is 5. The number of anilines is 1. The normalized spacial score (nSPS) is 10.2. The van der Waals surface area contributed by atoms with Crippen LogP contribution in [-0.4, -0.2) is 16.9 Å². The van der Waals surface area contributed by atoms with E-state index in [-0.39, 0.29) is 0 Å². The summed E-state index contributed by atoms with van der Waals surface area (Å²) >= 11 is 6.28. The Morgan fingerprint density at radius 1 is 1.48 bits per heavy atom. The molecular formula is C15H17ClN4O. The number of nitriles is 1. The van der Waals surface area contributed by atoms with Gasteiger partial charge in [-0.05, 0) is 26.0 Å². The molecule has 6 heteroatoms. The summed E-state index contributed by atoms with van der Waals surface area (Å²) in [5.74, 6) is 0.629. The molecule has 0 amide bonds. The zero-order valence-corrected chi connectivity index (χ0v) is 13.0. The van der Waals surface area contributed by atoms with Crippen molar-refractivity contribution >= 4 is 17.3 Å². The molecule has 2 aromatic rings. The van der Waals surface area contributed by atoms with Crippen molar-refractivity contribution < 1.29 is 4.74 Å². The van der Waals surface area contributed by atoms with Crippen molar-refractivity contribution in [3.8, 4) is 11.8 Å². The second kappa shape index (κ2) is 6.51. The van der Waals surface area contributed by atoms with Gasteiger partial charge in [0.05, 0.1) is 47.4 Å². The SMILES string of the molecule is CCn1nc(C)c(Cl)c1CNc1ccc(C#N)cc1OC. The number of nitrogens with one attached hydrogen (secondary N) is 1. The van der Waals surface area contributed by atoms with Crippen molar-refractivity contribution in [1.29, 1.82) is 5.26 Å². The lowest BCUT2D eigenvalue weighted by molar-refractivity contribution is 0.416. The Morgan fingerprint density at radius 2 is 2.24 bits per heavy atom. The van der Waals surface area contributed by atoms with Crippen molar-refractivity contribution in [2.24, 2.45) is 0 Å². The number of hydrogen-bond acceptors (Lipinski definition) is 4. The topological polar surface area (TPSA) is 62.9 Å². The number of aryl methyl sites for hydroxylation is 2. The molecule has 0 bridgehead atoms. The van der Waals surface area contributed by atoms with Gasteiger partial charge in [0, 0.05) is 12.6 Å². The van der Waals surface area contributed by atoms with E-state index in [0.717, 1.165) is 23.6 Å². The monoisotopic (exact) mass is 304 g/mol. The molecule has 0 saturated carbocycles. The van der Waals surface area contributed by atoms with Crippen LogP contribution in [0.3, 0.4) is 0 Å². The predicted octanol–water partition coefficient (Wildman–Crippen LogP) is 3.36. The van der Waals surface area contributed by atoms with Gasteiger partial charge < -0.3 is 10.1 Å². The van der Waals surface area contributed by atoms with Gasteiger partial charge in [0.25, 0.3) is 0 Å². The molecule has 1 N–H and O–H groups in total. The first-order chi connectivity index (χ1) is 10.1. The Morgan fingerprint density at radius 3 is 2.86 bits per heavy atom. The fraction of sp³-hybridized carbons (Fsp3) is 0.333. The molecule has 0 fully saturated rings. The van der Waals surface area contributed by atoms with Gasteiger partial charge in [0.1, 0.15) is 5.75 Å². The Hall–Kier alpha value is -2.19. The van der Waals surface area contributed by atoms with E-state index in [0.29, 0.717) is 22.9 Å². The number of benzene rings is 1. The third kappa shape index (κ3) is 3.11. The molecule has 110 valence electrons. The highest BCUT2D eigenvalue weighted by molar-refractivity contribution is 6.31. The first-order valence-electron chi connectivity index (χ1n) is 6.64. The summed E-state index contributed by atoms with van der Waals surface area (Å²) in [6.07, 6.45) is 0. The van der Waals surface area contributed by atoms with E-state index in [4.69, 9.17) is 21.6 Å². The standard InChI is InChI=1S/C15H17ClN4O/c1-4-20-13(15(16)10(2)19-20)9-18-12-6-5-11(8-17)7-14(12)21-3/h5-7,18H,4,9H2,1-3H3. The van der Waals surface area contributed by atoms with Crippen LogP contribution in [0.4, 0.5) is 5.69 Å². The van der Waals surface area contributed by atoms with Gasteiger partial charge in [-0.3, -0.25) is 4.68 Å². The molecule has 5 nitrogen and oxygen atoms in total. The number of halogens is 1. The minimum Gasteiger partial charge on any atom is -0.495 e. The van der Waals surface area contributed by atoms with E-state index in [1.54, 1.807) is 19.2 Å². The van der Waals surface area contributed by atoms with E-state index in [9.17, 15) is 0 Å². The number of methoxy groups -OCH3 is 1. The Kier molecular flexibility index (Phi) is 4.71. The van der Waals surface area contributed by atoms with Crippen LogP contribution in [0.25, 0.3) is 0 Å². The number of aromatic nitrogens is 2. The molecule has 1 heterocycles. The van der Waals surface area contributed by atoms with Crippen LogP contribution in [0.2, 0.25) is 5.02 Å². The van der Waals surface area contributed by atoms with Crippen LogP contribution in [-0.2, 0) is 13.1 Å². The molecular weight excluding hydrogens is 288 g/mol. The van der Waals surface area contributed by atoms with Gasteiger partial charge in [-0.1, -0.05) is 11.6 Å². The maximum Gasteiger partial charge on any atom is 0.143 e. The predicted molar refractivity (Wildman–Crippen MR) is 82.7 cm³/mol. The van der Waals surface area contributed by atoms with Crippen LogP contribution < -0.4 is 10.1 Å². The highest BCUT2D eigenvalue weighted by atomic mass is 35.5. The zero-order chi connectivity index (χ0) is 15.4. The van der Waals surface area contributed by atoms with Gasteiger partial charge >= 0.3 is 0 Å². The van der Waals surface area contributed by atoms with Crippen LogP contribution in [0.1, 0.15) is 23.9 Å². The molecule has 0 aliphatic heterocycles. The molecule has 0 spiro atoms. The summed E-state index contributed by atoms with van der Waals surface area (Å²) < 4.78 is 7.18. The van der Waals surface area contributed by atoms with E-state index < -0.39 is 0 Å². The van der Waals surface area contributed by atoms with Gasteiger partial charge in [-0.25, -0.2) is 0 Å². The van der Waals surface area contributed by atoms with Crippen molar-refractivity contribution in [1.82, 2.24) is 9.78 Å². The summed E-state index contributed by atoms with van der Waals surface area (Å²) in [7, 11) is 1.58. The molecule has 1 aromatic carbocycles. The average Bonchev–Trinajstić information content (AvgIpc) is 2.79. The molecule has 1 aromatic heterocycles. The summed E-state index contributed by atoms with van der Waals surface area (Å²) in [5.41, 5.74) is 3.13. The Balaban J connectivity index is 2.23. The zero-order valence-electron chi connectivity index (χ0n) is 12.3. The quantitative estimate of drug-likeness (QED) is 0.920. The lowest BCUT2D eigenvalue weighted by Gasteiger charge is -2.12. The Bertz CT molecular complexity index is 688. The summed E-state index contributed by atoms with van der Waals surface area (Å²) in [6.45, 7) is 5.21. The highest BCUT2D eigenvalue weighted by Crippen LogP contribution is 2.27. The van der Waals surface area contributed by atoms with Gasteiger partial charge in [0.2, 0.25) is 0 Å². The van der Waals surface area contributed by atoms with E-state index in [1.807, 2.05) is 24.6 Å². The lowest BCUT2D eigenvalue weighted by atomic mass is 10.2. The van der Waals surface area contributed by atoms with Crippen molar-refractivity contribution in [2.45, 2.75) is 26.9 Å². The van der Waals surface area contributed by atoms with Crippen LogP contribution >= 0.6 is 11.6 Å². The number of ether oxygens (including phenoxy) is 1. The van der Waals surface area contributed by atoms with Gasteiger partial charge in [-0.2, -0.15) is 10.4 Å². The first-order valence-corrected chi connectivity index (χ1v) is 7.02. The fourth-order valence-corrected chi connectivity index (χ4v) is 2.33. The van der Waals surface area contributed by atoms with Gasteiger partial charge in [0.15, 0.2) is 0 Å². The van der Waals surface area contributed by atoms with Gasteiger partial charge in [-0.15, -0.1) is 0 Å². The molecule has 0 aliphatic carbocycles. The molecule has 21 heavy (non-hydrogen) atoms. The van der Waals surface area contributed by atoms with Crippen molar-refractivity contribution in [3.63, 3.8) is 0 Å². The molecule has 0 atom stereocenters. The summed E-state index contributed by atoms with van der Waals surface area (Å²) in [4.78, 5) is 0. The van der Waals surface area contributed by atoms with E-state index in [1.165, 1.54) is 0 Å². The largest absolute Gasteiger partial charge is 0.495 e. The second-order valence-corrected chi connectivity index (χ2v) is 4.92. The first kappa shape index (κ1) is 15.2. The maximum atomic E-state index is 8.91. The second-order valence-electron chi connectivity index (χ2n) is 4.54. The van der Waals surface area contributed by atoms with Crippen LogP contribution in [0.5, 0.6) is 5.75 Å². The van der Waals surface area contributed by atoms with Crippen molar-refractivity contribution in [2.75, 3.05) is 12.4 Å². The lowest BCUT2D eigenvalue weighted by Crippen LogP contribution is -2.09. The Labute approximate surface area is 129 Å². The van der Waals surface area contributed by atoms with Crippen LogP contribution in [0, 0.1) is 18.3 Å². The minimum atomic E-state index is 0.537. The highest BCUT2D eigenvalue weighted by Gasteiger charge is 2.13. The van der Waals surface area contributed by atoms with E-state index >= 15 is 0 Å². The fourth-order valence-electron chi connectivity index (χ4n) is 2.12. The third-order valence-electron chi connectivity index (χ3n) is 3.23. The maximum absolute atomic E-state index is 8.91. The number of hydrogen-bond donors (Lipinski definition) is 1.